The van der Waals surface area contributed by atoms with Gasteiger partial charge in [-0.1, -0.05) is 6.92 Å². The van der Waals surface area contributed by atoms with Crippen molar-refractivity contribution in [3.8, 4) is 0 Å². The topological polar surface area (TPSA) is 53.7 Å². The zero-order valence-electron chi connectivity index (χ0n) is 9.49. The van der Waals surface area contributed by atoms with Gasteiger partial charge in [0, 0.05) is 6.61 Å². The zero-order chi connectivity index (χ0) is 10.8. The molecule has 86 valence electrons. The van der Waals surface area contributed by atoms with E-state index in [9.17, 15) is 0 Å². The van der Waals surface area contributed by atoms with Crippen LogP contribution in [0.15, 0.2) is 0 Å². The van der Waals surface area contributed by atoms with Gasteiger partial charge in [-0.15, -0.1) is 0 Å². The molecular weight excluding hydrogens is 198 g/mol. The highest BCUT2D eigenvalue weighted by Crippen LogP contribution is 2.04. The first-order valence-corrected chi connectivity index (χ1v) is 6.06. The zero-order valence-corrected chi connectivity index (χ0v) is 11.5. The lowest BCUT2D eigenvalue weighted by Crippen LogP contribution is -2.24. The van der Waals surface area contributed by atoms with Gasteiger partial charge < -0.3 is 19.6 Å². The Kier molecular flexibility index (Phi) is 9.64. The maximum atomic E-state index is 5.49. The average molecular weight is 221 g/mol. The normalized spacial score (nSPS) is 15.6. The van der Waals surface area contributed by atoms with Crippen LogP contribution in [0.3, 0.4) is 0 Å². The van der Waals surface area contributed by atoms with Gasteiger partial charge in [0.05, 0.1) is 0 Å². The predicted molar refractivity (Wildman–Crippen MR) is 59.9 cm³/mol. The Labute approximate surface area is 89.6 Å². The molecule has 4 nitrogen and oxygen atoms in total. The van der Waals surface area contributed by atoms with Crippen molar-refractivity contribution >= 4 is 10.5 Å². The van der Waals surface area contributed by atoms with Crippen molar-refractivity contribution in [3.63, 3.8) is 0 Å². The number of ether oxygens (including phenoxy) is 2. The van der Waals surface area contributed by atoms with Crippen LogP contribution in [0.1, 0.15) is 33.1 Å². The Morgan fingerprint density at radius 3 is 2.57 bits per heavy atom. The molecule has 0 heterocycles. The fourth-order valence-electron chi connectivity index (χ4n) is 1.07. The molecule has 0 aromatic carbocycles. The first-order valence-electron chi connectivity index (χ1n) is 5.24. The second-order valence-electron chi connectivity index (χ2n) is 3.14. The van der Waals surface area contributed by atoms with Crippen molar-refractivity contribution in [1.29, 1.82) is 0 Å². The van der Waals surface area contributed by atoms with E-state index < -0.39 is 0 Å². The Morgan fingerprint density at radius 2 is 2.07 bits per heavy atom. The first-order chi connectivity index (χ1) is 6.74. The van der Waals surface area contributed by atoms with Gasteiger partial charge in [-0.3, -0.25) is 0 Å². The van der Waals surface area contributed by atoms with Gasteiger partial charge in [0.25, 0.3) is 0 Å². The number of rotatable bonds is 9. The molecule has 0 rings (SSSR count). The largest absolute Gasteiger partial charge is 0.404 e. The smallest absolute Gasteiger partial charge is 0.157 e. The fourth-order valence-corrected chi connectivity index (χ4v) is 1.51. The summed E-state index contributed by atoms with van der Waals surface area (Å²) in [6.07, 6.45) is 2.56. The molecule has 0 amide bonds. The van der Waals surface area contributed by atoms with Crippen LogP contribution in [0, 0.1) is 0 Å². The monoisotopic (exact) mass is 221 g/mol. The van der Waals surface area contributed by atoms with E-state index in [4.69, 9.17) is 19.6 Å². The van der Waals surface area contributed by atoms with Crippen molar-refractivity contribution in [1.82, 2.24) is 0 Å². The van der Waals surface area contributed by atoms with Crippen LogP contribution in [0.4, 0.5) is 0 Å². The number of hydrogen-bond acceptors (Lipinski definition) is 4. The second-order valence-corrected chi connectivity index (χ2v) is 3.62. The van der Waals surface area contributed by atoms with Gasteiger partial charge in [-0.2, -0.15) is 0 Å². The van der Waals surface area contributed by atoms with E-state index in [-0.39, 0.29) is 12.6 Å². The summed E-state index contributed by atoms with van der Waals surface area (Å²) in [5.74, 6) is 0. The van der Waals surface area contributed by atoms with E-state index in [2.05, 4.69) is 0 Å². The van der Waals surface area contributed by atoms with E-state index in [0.29, 0.717) is 17.1 Å². The number of hydrogen-bond donors (Lipinski definition) is 1. The van der Waals surface area contributed by atoms with Crippen molar-refractivity contribution in [3.05, 3.63) is 0 Å². The molecule has 0 bridgehead atoms. The minimum Gasteiger partial charge on any atom is -0.404 e. The average Bonchev–Trinajstić information content (AvgIpc) is 2.21. The van der Waals surface area contributed by atoms with Crippen molar-refractivity contribution in [2.45, 2.75) is 45.7 Å². The Hall–Kier alpha value is 0.0569. The van der Waals surface area contributed by atoms with Crippen LogP contribution in [0.5, 0.6) is 0 Å². The van der Waals surface area contributed by atoms with Crippen molar-refractivity contribution < 1.29 is 13.9 Å². The summed E-state index contributed by atoms with van der Waals surface area (Å²) < 4.78 is 16.1. The molecule has 2 N–H and O–H groups in total. The maximum absolute atomic E-state index is 5.49. The summed E-state index contributed by atoms with van der Waals surface area (Å²) in [7, 11) is 0.696. The molecule has 0 aromatic rings. The van der Waals surface area contributed by atoms with Gasteiger partial charge in [0.15, 0.2) is 6.29 Å². The lowest BCUT2D eigenvalue weighted by molar-refractivity contribution is -0.210. The van der Waals surface area contributed by atoms with Gasteiger partial charge in [0.1, 0.15) is 16.8 Å². The Balaban J connectivity index is 3.38. The predicted octanol–water partition coefficient (Wildman–Crippen LogP) is 0.138. The molecule has 0 radical (unpaired) electrons. The third-order valence-electron chi connectivity index (χ3n) is 1.89. The molecule has 0 aromatic heterocycles. The quantitative estimate of drug-likeness (QED) is 0.342. The molecule has 14 heavy (non-hydrogen) atoms. The summed E-state index contributed by atoms with van der Waals surface area (Å²) in [6.45, 7) is 5.35. The van der Waals surface area contributed by atoms with E-state index in [1.54, 1.807) is 0 Å². The van der Waals surface area contributed by atoms with Crippen LogP contribution in [0.2, 0.25) is 0 Å². The summed E-state index contributed by atoms with van der Waals surface area (Å²) >= 11 is 0. The maximum Gasteiger partial charge on any atom is 0.157 e. The van der Waals surface area contributed by atoms with E-state index in [1.807, 2.05) is 13.8 Å². The molecule has 0 saturated carbocycles. The van der Waals surface area contributed by atoms with Crippen LogP contribution in [-0.2, 0) is 13.9 Å². The summed E-state index contributed by atoms with van der Waals surface area (Å²) in [5, 5.41) is 0. The molecule has 0 aliphatic rings. The summed E-state index contributed by atoms with van der Waals surface area (Å²) in [5.41, 5.74) is 5.37. The molecule has 5 heteroatoms. The number of unbranched alkanes of at least 4 members (excludes halogenated alkanes) is 1. The molecule has 2 unspecified atom stereocenters. The standard InChI is InChI=1S/C9H23NO3Si/c1-3-9(13-14)12-8(2)11-7-5-4-6-10/h8-9H,3-7,10H2,1-2,14H3. The minimum atomic E-state index is -0.188. The van der Waals surface area contributed by atoms with Crippen LogP contribution < -0.4 is 5.73 Å². The van der Waals surface area contributed by atoms with Crippen LogP contribution in [0.25, 0.3) is 0 Å². The van der Waals surface area contributed by atoms with Crippen LogP contribution >= 0.6 is 0 Å². The third-order valence-corrected chi connectivity index (χ3v) is 2.42. The Morgan fingerprint density at radius 1 is 1.36 bits per heavy atom. The number of nitrogens with two attached hydrogens (primary N) is 1. The molecular formula is C9H23NO3Si. The van der Waals surface area contributed by atoms with E-state index in [0.717, 1.165) is 25.8 Å². The lowest BCUT2D eigenvalue weighted by atomic mass is 10.3. The first kappa shape index (κ1) is 14.1. The molecule has 0 saturated heterocycles. The van der Waals surface area contributed by atoms with Crippen molar-refractivity contribution in [2.24, 2.45) is 5.73 Å². The molecule has 0 spiro atoms. The fraction of sp³-hybridized carbons (Fsp3) is 1.00. The molecule has 2 atom stereocenters. The Bertz CT molecular complexity index is 123. The van der Waals surface area contributed by atoms with E-state index in [1.165, 1.54) is 0 Å². The lowest BCUT2D eigenvalue weighted by Gasteiger charge is -2.20. The highest BCUT2D eigenvalue weighted by Gasteiger charge is 2.09. The molecule has 0 aliphatic carbocycles. The van der Waals surface area contributed by atoms with Gasteiger partial charge in [0.2, 0.25) is 0 Å². The SMILES string of the molecule is CCC(O[SiH3])OC(C)OCCCCN. The van der Waals surface area contributed by atoms with Crippen LogP contribution in [-0.4, -0.2) is 36.2 Å². The molecule has 0 aliphatic heterocycles. The summed E-state index contributed by atoms with van der Waals surface area (Å²) in [6, 6.07) is 0. The van der Waals surface area contributed by atoms with Gasteiger partial charge in [-0.05, 0) is 32.7 Å². The van der Waals surface area contributed by atoms with Gasteiger partial charge >= 0.3 is 0 Å². The highest BCUT2D eigenvalue weighted by molar-refractivity contribution is 5.98. The second kappa shape index (κ2) is 9.61. The third kappa shape index (κ3) is 7.46. The minimum absolute atomic E-state index is 0.105. The highest BCUT2D eigenvalue weighted by atomic mass is 28.2. The van der Waals surface area contributed by atoms with E-state index >= 15 is 0 Å². The van der Waals surface area contributed by atoms with Crippen molar-refractivity contribution in [2.75, 3.05) is 13.2 Å². The van der Waals surface area contributed by atoms with Gasteiger partial charge in [-0.25, -0.2) is 0 Å². The summed E-state index contributed by atoms with van der Waals surface area (Å²) in [4.78, 5) is 0. The molecule has 0 fully saturated rings.